The molecule has 0 spiro atoms. The van der Waals surface area contributed by atoms with Gasteiger partial charge in [-0.25, -0.2) is 9.13 Å². The summed E-state index contributed by atoms with van der Waals surface area (Å²) in [5.41, 5.74) is 0. The zero-order chi connectivity index (χ0) is 76.5. The number of hydrogen-bond acceptors (Lipinski definition) is 15. The summed E-state index contributed by atoms with van der Waals surface area (Å²) in [6.07, 6.45) is 65.2. The lowest BCUT2D eigenvalue weighted by atomic mass is 9.99. The monoisotopic (exact) mass is 1520 g/mol. The van der Waals surface area contributed by atoms with Crippen LogP contribution in [0.2, 0.25) is 0 Å². The summed E-state index contributed by atoms with van der Waals surface area (Å²) >= 11 is 0. The number of carbonyl (C=O) groups excluding carboxylic acids is 4. The van der Waals surface area contributed by atoms with Gasteiger partial charge >= 0.3 is 39.5 Å². The summed E-state index contributed by atoms with van der Waals surface area (Å²) in [7, 11) is -9.92. The van der Waals surface area contributed by atoms with Gasteiger partial charge in [-0.15, -0.1) is 0 Å². The Hall–Kier alpha value is -1.94. The van der Waals surface area contributed by atoms with E-state index >= 15 is 0 Å². The molecule has 0 aliphatic heterocycles. The quantitative estimate of drug-likeness (QED) is 0.0222. The van der Waals surface area contributed by atoms with E-state index in [0.717, 1.165) is 108 Å². The molecule has 0 fully saturated rings. The van der Waals surface area contributed by atoms with E-state index in [9.17, 15) is 43.2 Å². The minimum absolute atomic E-state index is 0.106. The topological polar surface area (TPSA) is 237 Å². The fraction of sp³-hybridized carbons (Fsp3) is 0.953. The molecular weight excluding hydrogens is 1350 g/mol. The molecule has 0 amide bonds. The van der Waals surface area contributed by atoms with E-state index < -0.39 is 97.5 Å². The Morgan fingerprint density at radius 3 is 0.731 bits per heavy atom. The average molecular weight is 1520 g/mol. The van der Waals surface area contributed by atoms with E-state index in [-0.39, 0.29) is 25.7 Å². The molecule has 0 heterocycles. The average Bonchev–Trinajstić information content (AvgIpc) is 0.915. The van der Waals surface area contributed by atoms with Gasteiger partial charge in [-0.2, -0.15) is 0 Å². The van der Waals surface area contributed by atoms with Gasteiger partial charge in [-0.1, -0.05) is 395 Å². The second kappa shape index (κ2) is 75.1. The SMILES string of the molecule is CCCCCCCCCCCCC(=O)OC[C@H](COP(=O)(O)OC[C@H](O)COP(=O)(O)OC[C@@H](COC(=O)CCCCCCCCCCCCCCCCCCC(C)C)OC(=O)CCCCCCCCCCCCCCCCCCCCC(C)CC)OC(=O)CCCCCCCCCCCCC(C)C. The third-order valence-electron chi connectivity index (χ3n) is 20.2. The van der Waals surface area contributed by atoms with Gasteiger partial charge in [0.15, 0.2) is 12.2 Å². The molecule has 6 atom stereocenters. The van der Waals surface area contributed by atoms with Gasteiger partial charge in [-0.3, -0.25) is 37.3 Å². The predicted molar refractivity (Wildman–Crippen MR) is 428 cm³/mol. The highest BCUT2D eigenvalue weighted by molar-refractivity contribution is 7.47. The van der Waals surface area contributed by atoms with E-state index in [1.165, 1.54) is 257 Å². The minimum Gasteiger partial charge on any atom is -0.462 e. The van der Waals surface area contributed by atoms with E-state index in [2.05, 4.69) is 48.5 Å². The number of phosphoric ester groups is 2. The summed E-state index contributed by atoms with van der Waals surface area (Å²) in [6, 6.07) is 0. The Bertz CT molecular complexity index is 2010. The molecule has 3 N–H and O–H groups in total. The van der Waals surface area contributed by atoms with Crippen molar-refractivity contribution in [1.29, 1.82) is 0 Å². The molecule has 104 heavy (non-hydrogen) atoms. The van der Waals surface area contributed by atoms with Crippen LogP contribution in [0.5, 0.6) is 0 Å². The van der Waals surface area contributed by atoms with Crippen molar-refractivity contribution in [1.82, 2.24) is 0 Å². The number of carbonyl (C=O) groups is 4. The molecule has 0 saturated carbocycles. The van der Waals surface area contributed by atoms with Crippen molar-refractivity contribution in [3.8, 4) is 0 Å². The predicted octanol–water partition coefficient (Wildman–Crippen LogP) is 25.7. The Kier molecular flexibility index (Phi) is 73.7. The van der Waals surface area contributed by atoms with Gasteiger partial charge < -0.3 is 33.8 Å². The van der Waals surface area contributed by atoms with Crippen molar-refractivity contribution in [3.05, 3.63) is 0 Å². The summed E-state index contributed by atoms with van der Waals surface area (Å²) < 4.78 is 68.8. The van der Waals surface area contributed by atoms with Crippen LogP contribution >= 0.6 is 15.6 Å². The van der Waals surface area contributed by atoms with Crippen LogP contribution in [0.25, 0.3) is 0 Å². The van der Waals surface area contributed by atoms with Crippen molar-refractivity contribution < 1.29 is 80.2 Å². The van der Waals surface area contributed by atoms with Gasteiger partial charge in [0.1, 0.15) is 19.3 Å². The number of unbranched alkanes of at least 4 members (excludes halogenated alkanes) is 50. The molecule has 17 nitrogen and oxygen atoms in total. The molecule has 0 aromatic carbocycles. The van der Waals surface area contributed by atoms with Gasteiger partial charge in [0.05, 0.1) is 26.4 Å². The third kappa shape index (κ3) is 76.8. The standard InChI is InChI=1S/C85H166O17P2/c1-8-10-11-12-13-14-38-45-52-59-66-82(87)95-72-80(102-85(90)69-62-55-48-41-34-33-36-43-50-57-64-77(5)6)74-99-103(91,92)97-70-79(86)71-98-104(93,94)100-75-81(73-96-83(88)67-60-53-46-39-31-27-23-20-19-21-25-29-35-42-49-56-63-76(3)4)101-84(89)68-61-54-47-40-32-28-24-18-16-15-17-22-26-30-37-44-51-58-65-78(7)9-2/h76-81,86H,8-75H2,1-7H3,(H,91,92)(H,93,94)/t78?,79-,80+,81+/m0/s1. The number of esters is 4. The number of rotatable bonds is 83. The maximum absolute atomic E-state index is 13.1. The molecule has 0 aromatic rings. The van der Waals surface area contributed by atoms with Gasteiger partial charge in [0.2, 0.25) is 0 Å². The molecule has 3 unspecified atom stereocenters. The van der Waals surface area contributed by atoms with E-state index in [4.69, 9.17) is 37.0 Å². The Balaban J connectivity index is 5.21. The summed E-state index contributed by atoms with van der Waals surface area (Å²) in [5, 5.41) is 10.7. The zero-order valence-corrected chi connectivity index (χ0v) is 70.3. The number of ether oxygens (including phenoxy) is 4. The number of phosphoric acid groups is 2. The first-order valence-electron chi connectivity index (χ1n) is 43.9. The highest BCUT2D eigenvalue weighted by Crippen LogP contribution is 2.45. The molecule has 0 aliphatic rings. The van der Waals surface area contributed by atoms with Crippen molar-refractivity contribution in [3.63, 3.8) is 0 Å². The van der Waals surface area contributed by atoms with Gasteiger partial charge in [0.25, 0.3) is 0 Å². The third-order valence-corrected chi connectivity index (χ3v) is 22.1. The first-order valence-corrected chi connectivity index (χ1v) is 46.9. The van der Waals surface area contributed by atoms with Crippen LogP contribution in [-0.2, 0) is 65.4 Å². The lowest BCUT2D eigenvalue weighted by molar-refractivity contribution is -0.161. The fourth-order valence-electron chi connectivity index (χ4n) is 13.2. The Labute approximate surface area is 638 Å². The molecule has 0 radical (unpaired) electrons. The summed E-state index contributed by atoms with van der Waals surface area (Å²) in [6.45, 7) is 12.0. The van der Waals surface area contributed by atoms with E-state index in [1.807, 2.05) is 0 Å². The van der Waals surface area contributed by atoms with Gasteiger partial charge in [0, 0.05) is 25.7 Å². The number of aliphatic hydroxyl groups excluding tert-OH is 1. The second-order valence-corrected chi connectivity index (χ2v) is 34.7. The second-order valence-electron chi connectivity index (χ2n) is 31.8. The first-order chi connectivity index (χ1) is 50.3. The van der Waals surface area contributed by atoms with Crippen LogP contribution < -0.4 is 0 Å². The molecule has 618 valence electrons. The molecule has 19 heteroatoms. The van der Waals surface area contributed by atoms with Crippen molar-refractivity contribution in [2.45, 2.75) is 465 Å². The van der Waals surface area contributed by atoms with Gasteiger partial charge in [-0.05, 0) is 43.4 Å². The smallest absolute Gasteiger partial charge is 0.462 e. The summed E-state index contributed by atoms with van der Waals surface area (Å²) in [4.78, 5) is 73.1. The lowest BCUT2D eigenvalue weighted by Crippen LogP contribution is -2.30. The number of aliphatic hydroxyl groups is 1. The van der Waals surface area contributed by atoms with Crippen LogP contribution in [0.4, 0.5) is 0 Å². The van der Waals surface area contributed by atoms with E-state index in [0.29, 0.717) is 25.7 Å². The maximum Gasteiger partial charge on any atom is 0.472 e. The summed E-state index contributed by atoms with van der Waals surface area (Å²) in [5.74, 6) is 0.329. The van der Waals surface area contributed by atoms with Crippen molar-refractivity contribution in [2.75, 3.05) is 39.6 Å². The molecule has 0 aliphatic carbocycles. The maximum atomic E-state index is 13.1. The molecule has 0 aromatic heterocycles. The van der Waals surface area contributed by atoms with Crippen molar-refractivity contribution in [2.24, 2.45) is 17.8 Å². The lowest BCUT2D eigenvalue weighted by Gasteiger charge is -2.21. The van der Waals surface area contributed by atoms with E-state index in [1.54, 1.807) is 0 Å². The fourth-order valence-corrected chi connectivity index (χ4v) is 14.7. The van der Waals surface area contributed by atoms with Crippen LogP contribution in [0.1, 0.15) is 447 Å². The van der Waals surface area contributed by atoms with Crippen LogP contribution in [0.3, 0.4) is 0 Å². The van der Waals surface area contributed by atoms with Crippen molar-refractivity contribution >= 4 is 39.5 Å². The van der Waals surface area contributed by atoms with Crippen LogP contribution in [0.15, 0.2) is 0 Å². The molecule has 0 rings (SSSR count). The number of hydrogen-bond donors (Lipinski definition) is 3. The highest BCUT2D eigenvalue weighted by atomic mass is 31.2. The zero-order valence-electron chi connectivity index (χ0n) is 68.5. The Morgan fingerprint density at radius 2 is 0.490 bits per heavy atom. The normalized spacial score (nSPS) is 14.2. The van der Waals surface area contributed by atoms with Crippen LogP contribution in [0, 0.1) is 17.8 Å². The Morgan fingerprint density at radius 1 is 0.279 bits per heavy atom. The molecule has 0 bridgehead atoms. The van der Waals surface area contributed by atoms with Crippen LogP contribution in [-0.4, -0.2) is 96.7 Å². The minimum atomic E-state index is -4.97. The first kappa shape index (κ1) is 102. The molecular formula is C85H166O17P2. The highest BCUT2D eigenvalue weighted by Gasteiger charge is 2.30. The largest absolute Gasteiger partial charge is 0.472 e. The molecule has 0 saturated heterocycles.